The van der Waals surface area contributed by atoms with Gasteiger partial charge in [0, 0.05) is 21.8 Å². The number of carboxylic acid groups (broad SMARTS) is 1. The summed E-state index contributed by atoms with van der Waals surface area (Å²) in [5, 5.41) is 23.7. The van der Waals surface area contributed by atoms with Crippen molar-refractivity contribution in [2.45, 2.75) is 24.0 Å². The summed E-state index contributed by atoms with van der Waals surface area (Å²) in [5.41, 5.74) is 2.14. The van der Waals surface area contributed by atoms with Crippen molar-refractivity contribution in [3.8, 4) is 5.75 Å². The molecule has 0 spiro atoms. The quantitative estimate of drug-likeness (QED) is 0.304. The van der Waals surface area contributed by atoms with E-state index in [1.54, 1.807) is 25.1 Å². The van der Waals surface area contributed by atoms with Crippen LogP contribution in [0, 0.1) is 6.92 Å². The Hall–Kier alpha value is -3.78. The Morgan fingerprint density at radius 1 is 0.875 bits per heavy atom. The van der Waals surface area contributed by atoms with Crippen LogP contribution in [0.4, 0.5) is 11.4 Å². The van der Waals surface area contributed by atoms with Gasteiger partial charge >= 0.3 is 5.97 Å². The minimum Gasteiger partial charge on any atom is -0.507 e. The molecule has 8 heteroatoms. The standard InChI is InChI=1S/C24H22N2O5S/c1-14-5-3-4-6-19(14)23(29)25-16-7-10-18(11-8-16)32-15(2)22(28)26-17-9-12-21(27)20(13-17)24(30)31/h3-13,15,27H,1-2H3,(H,25,29)(H,26,28)(H,30,31). The zero-order valence-electron chi connectivity index (χ0n) is 17.5. The van der Waals surface area contributed by atoms with Gasteiger partial charge in [0.1, 0.15) is 11.3 Å². The first-order valence-electron chi connectivity index (χ1n) is 9.75. The number of anilines is 2. The molecule has 164 valence electrons. The molecule has 7 nitrogen and oxygen atoms in total. The Labute approximate surface area is 189 Å². The molecule has 0 bridgehead atoms. The normalized spacial score (nSPS) is 11.4. The van der Waals surface area contributed by atoms with E-state index >= 15 is 0 Å². The zero-order valence-corrected chi connectivity index (χ0v) is 18.3. The van der Waals surface area contributed by atoms with Crippen molar-refractivity contribution >= 4 is 40.9 Å². The number of nitrogens with one attached hydrogen (secondary N) is 2. The predicted octanol–water partition coefficient (Wildman–Crippen LogP) is 4.77. The second-order valence-corrected chi connectivity index (χ2v) is 8.49. The Kier molecular flexibility index (Phi) is 7.17. The molecule has 1 atom stereocenters. The monoisotopic (exact) mass is 450 g/mol. The number of rotatable bonds is 7. The molecule has 0 saturated heterocycles. The number of aromatic carboxylic acids is 1. The molecule has 1 unspecified atom stereocenters. The third kappa shape index (κ3) is 5.67. The summed E-state index contributed by atoms with van der Waals surface area (Å²) in [5.74, 6) is -2.15. The fourth-order valence-corrected chi connectivity index (χ4v) is 3.80. The molecule has 0 heterocycles. The molecule has 0 fully saturated rings. The number of carbonyl (C=O) groups excluding carboxylic acids is 2. The van der Waals surface area contributed by atoms with Gasteiger partial charge in [0.05, 0.1) is 5.25 Å². The van der Waals surface area contributed by atoms with Crippen molar-refractivity contribution in [1.82, 2.24) is 0 Å². The largest absolute Gasteiger partial charge is 0.507 e. The summed E-state index contributed by atoms with van der Waals surface area (Å²) in [6.07, 6.45) is 0. The van der Waals surface area contributed by atoms with Gasteiger partial charge in [-0.25, -0.2) is 4.79 Å². The van der Waals surface area contributed by atoms with Gasteiger partial charge in [0.25, 0.3) is 5.91 Å². The number of carbonyl (C=O) groups is 3. The number of thioether (sulfide) groups is 1. The minimum absolute atomic E-state index is 0.189. The van der Waals surface area contributed by atoms with Gasteiger partial charge < -0.3 is 20.8 Å². The van der Waals surface area contributed by atoms with Crippen LogP contribution in [0.15, 0.2) is 71.6 Å². The maximum Gasteiger partial charge on any atom is 0.339 e. The first-order chi connectivity index (χ1) is 15.2. The molecule has 0 aromatic heterocycles. The van der Waals surface area contributed by atoms with E-state index in [1.807, 2.05) is 37.3 Å². The lowest BCUT2D eigenvalue weighted by molar-refractivity contribution is -0.115. The van der Waals surface area contributed by atoms with Crippen molar-refractivity contribution in [2.75, 3.05) is 10.6 Å². The third-order valence-corrected chi connectivity index (χ3v) is 5.79. The van der Waals surface area contributed by atoms with Crippen molar-refractivity contribution in [1.29, 1.82) is 0 Å². The van der Waals surface area contributed by atoms with Crippen LogP contribution in [-0.2, 0) is 4.79 Å². The molecular weight excluding hydrogens is 428 g/mol. The summed E-state index contributed by atoms with van der Waals surface area (Å²) in [7, 11) is 0. The van der Waals surface area contributed by atoms with E-state index < -0.39 is 11.2 Å². The molecule has 4 N–H and O–H groups in total. The van der Waals surface area contributed by atoms with E-state index in [-0.39, 0.29) is 28.8 Å². The Morgan fingerprint density at radius 3 is 2.19 bits per heavy atom. The number of aromatic hydroxyl groups is 1. The van der Waals surface area contributed by atoms with Gasteiger partial charge in [-0.3, -0.25) is 9.59 Å². The molecule has 2 amide bonds. The van der Waals surface area contributed by atoms with Crippen LogP contribution in [0.25, 0.3) is 0 Å². The number of benzene rings is 3. The lowest BCUT2D eigenvalue weighted by Crippen LogP contribution is -2.22. The van der Waals surface area contributed by atoms with E-state index in [4.69, 9.17) is 5.11 Å². The molecule has 3 aromatic rings. The van der Waals surface area contributed by atoms with Gasteiger partial charge in [-0.1, -0.05) is 18.2 Å². The zero-order chi connectivity index (χ0) is 23.3. The van der Waals surface area contributed by atoms with Crippen molar-refractivity contribution in [2.24, 2.45) is 0 Å². The fraction of sp³-hybridized carbons (Fsp3) is 0.125. The third-order valence-electron chi connectivity index (χ3n) is 4.68. The SMILES string of the molecule is Cc1ccccc1C(=O)Nc1ccc(SC(C)C(=O)Nc2ccc(O)c(C(=O)O)c2)cc1. The first kappa shape index (κ1) is 22.9. The molecule has 3 aromatic carbocycles. The summed E-state index contributed by atoms with van der Waals surface area (Å²) in [4.78, 5) is 36.9. The van der Waals surface area contributed by atoms with Crippen LogP contribution >= 0.6 is 11.8 Å². The number of hydrogen-bond acceptors (Lipinski definition) is 5. The maximum atomic E-state index is 12.5. The van der Waals surface area contributed by atoms with E-state index in [0.717, 1.165) is 10.5 Å². The maximum absolute atomic E-state index is 12.5. The van der Waals surface area contributed by atoms with E-state index in [1.165, 1.54) is 30.0 Å². The number of phenols is 1. The second-order valence-electron chi connectivity index (χ2n) is 7.08. The molecule has 0 aliphatic rings. The van der Waals surface area contributed by atoms with Crippen LogP contribution in [0.5, 0.6) is 5.75 Å². The van der Waals surface area contributed by atoms with Gasteiger partial charge in [-0.2, -0.15) is 0 Å². The summed E-state index contributed by atoms with van der Waals surface area (Å²) >= 11 is 1.32. The molecular formula is C24H22N2O5S. The average Bonchev–Trinajstić information content (AvgIpc) is 2.76. The van der Waals surface area contributed by atoms with Crippen molar-refractivity contribution in [3.05, 3.63) is 83.4 Å². The molecule has 3 rings (SSSR count). The Balaban J connectivity index is 1.59. The van der Waals surface area contributed by atoms with Crippen LogP contribution < -0.4 is 10.6 Å². The van der Waals surface area contributed by atoms with Crippen LogP contribution in [0.3, 0.4) is 0 Å². The van der Waals surface area contributed by atoms with Gasteiger partial charge in [-0.15, -0.1) is 11.8 Å². The molecule has 0 aliphatic heterocycles. The fourth-order valence-electron chi connectivity index (χ4n) is 2.93. The number of carboxylic acids is 1. The van der Waals surface area contributed by atoms with E-state index in [2.05, 4.69) is 10.6 Å². The van der Waals surface area contributed by atoms with Gasteiger partial charge in [-0.05, 0) is 67.9 Å². The average molecular weight is 451 g/mol. The summed E-state index contributed by atoms with van der Waals surface area (Å²) in [6, 6.07) is 18.4. The first-order valence-corrected chi connectivity index (χ1v) is 10.6. The highest BCUT2D eigenvalue weighted by atomic mass is 32.2. The van der Waals surface area contributed by atoms with Gasteiger partial charge in [0.15, 0.2) is 0 Å². The number of aryl methyl sites for hydroxylation is 1. The Morgan fingerprint density at radius 2 is 1.53 bits per heavy atom. The predicted molar refractivity (Wildman–Crippen MR) is 125 cm³/mol. The van der Waals surface area contributed by atoms with E-state index in [9.17, 15) is 19.5 Å². The van der Waals surface area contributed by atoms with Crippen LogP contribution in [0.1, 0.15) is 33.2 Å². The highest BCUT2D eigenvalue weighted by Crippen LogP contribution is 2.27. The van der Waals surface area contributed by atoms with Crippen molar-refractivity contribution < 1.29 is 24.6 Å². The number of amides is 2. The number of hydrogen-bond donors (Lipinski definition) is 4. The second kappa shape index (κ2) is 10.0. The molecule has 0 saturated carbocycles. The van der Waals surface area contributed by atoms with Crippen LogP contribution in [-0.4, -0.2) is 33.2 Å². The Bertz CT molecular complexity index is 1160. The summed E-state index contributed by atoms with van der Waals surface area (Å²) in [6.45, 7) is 3.61. The molecule has 32 heavy (non-hydrogen) atoms. The topological polar surface area (TPSA) is 116 Å². The minimum atomic E-state index is -1.28. The highest BCUT2D eigenvalue weighted by molar-refractivity contribution is 8.00. The highest BCUT2D eigenvalue weighted by Gasteiger charge is 2.17. The van der Waals surface area contributed by atoms with E-state index in [0.29, 0.717) is 11.3 Å². The lowest BCUT2D eigenvalue weighted by atomic mass is 10.1. The lowest BCUT2D eigenvalue weighted by Gasteiger charge is -2.13. The summed E-state index contributed by atoms with van der Waals surface area (Å²) < 4.78 is 0. The molecule has 0 aliphatic carbocycles. The molecule has 0 radical (unpaired) electrons. The smallest absolute Gasteiger partial charge is 0.339 e. The van der Waals surface area contributed by atoms with Gasteiger partial charge in [0.2, 0.25) is 5.91 Å². The van der Waals surface area contributed by atoms with Crippen molar-refractivity contribution in [3.63, 3.8) is 0 Å². The van der Waals surface area contributed by atoms with Crippen LogP contribution in [0.2, 0.25) is 0 Å².